The minimum absolute atomic E-state index is 0. The van der Waals surface area contributed by atoms with Crippen LogP contribution in [0.5, 0.6) is 0 Å². The average Bonchev–Trinajstić information content (AvgIpc) is 2.67. The van der Waals surface area contributed by atoms with Crippen molar-refractivity contribution in [1.82, 2.24) is 0 Å². The third-order valence-electron chi connectivity index (χ3n) is 3.59. The predicted molar refractivity (Wildman–Crippen MR) is 79.8 cm³/mol. The topological polar surface area (TPSA) is 0 Å². The minimum atomic E-state index is 0. The summed E-state index contributed by atoms with van der Waals surface area (Å²) in [5, 5.41) is 0. The summed E-state index contributed by atoms with van der Waals surface area (Å²) >= 11 is 0. The zero-order valence-electron chi connectivity index (χ0n) is 13.2. The number of allylic oxidation sites excluding steroid dienone is 1. The van der Waals surface area contributed by atoms with Crippen LogP contribution in [-0.2, 0) is 6.42 Å². The molecule has 0 saturated heterocycles. The molecule has 2 aromatic rings. The van der Waals surface area contributed by atoms with Crippen LogP contribution in [0.25, 0.3) is 17.2 Å². The van der Waals surface area contributed by atoms with Gasteiger partial charge < -0.3 is 1.43 Å². The minimum Gasteiger partial charge on any atom is -1.00 e. The van der Waals surface area contributed by atoms with Gasteiger partial charge in [-0.2, -0.15) is 0 Å². The fourth-order valence-electron chi connectivity index (χ4n) is 2.92. The van der Waals surface area contributed by atoms with Crippen molar-refractivity contribution >= 4 is 6.08 Å². The number of hydrogen-bond donors (Lipinski definition) is 0. The van der Waals surface area contributed by atoms with Gasteiger partial charge >= 0.3 is 18.9 Å². The molecule has 0 aliphatic heterocycles. The largest absolute Gasteiger partial charge is 1.00 e. The number of aryl methyl sites for hydroxylation is 2. The monoisotopic (exact) mass is 242 g/mol. The van der Waals surface area contributed by atoms with Crippen LogP contribution < -0.4 is 18.9 Å². The summed E-state index contributed by atoms with van der Waals surface area (Å²) in [6.07, 6.45) is 3.44. The predicted octanol–water partition coefficient (Wildman–Crippen LogP) is 2.05. The second-order valence-corrected chi connectivity index (χ2v) is 5.42. The maximum atomic E-state index is 2.34. The molecule has 0 amide bonds. The molecular formula is C18H19Li. The summed E-state index contributed by atoms with van der Waals surface area (Å²) < 4.78 is 0. The Kier molecular flexibility index (Phi) is 4.04. The SMILES string of the molecule is CC1=Cc2c(cccc2-c2cc(C)cc(C)c2)C1.[H-].[Li+]. The van der Waals surface area contributed by atoms with Crippen molar-refractivity contribution in [1.29, 1.82) is 0 Å². The Hall–Kier alpha value is -1.22. The van der Waals surface area contributed by atoms with Gasteiger partial charge in [0.15, 0.2) is 0 Å². The fraction of sp³-hybridized carbons (Fsp3) is 0.222. The van der Waals surface area contributed by atoms with Crippen molar-refractivity contribution in [3.05, 3.63) is 64.2 Å². The van der Waals surface area contributed by atoms with Crippen LogP contribution in [0.2, 0.25) is 0 Å². The first kappa shape index (κ1) is 14.2. The number of benzene rings is 2. The molecule has 0 unspecified atom stereocenters. The first-order valence-electron chi connectivity index (χ1n) is 6.51. The quantitative estimate of drug-likeness (QED) is 0.671. The summed E-state index contributed by atoms with van der Waals surface area (Å²) in [5.74, 6) is 0. The van der Waals surface area contributed by atoms with Crippen molar-refractivity contribution in [2.45, 2.75) is 27.2 Å². The van der Waals surface area contributed by atoms with Crippen molar-refractivity contribution in [3.63, 3.8) is 0 Å². The van der Waals surface area contributed by atoms with Crippen LogP contribution in [-0.4, -0.2) is 0 Å². The maximum absolute atomic E-state index is 2.34. The smallest absolute Gasteiger partial charge is 1.00 e. The molecule has 3 rings (SSSR count). The normalized spacial score (nSPS) is 12.7. The second kappa shape index (κ2) is 5.41. The fourth-order valence-corrected chi connectivity index (χ4v) is 2.92. The molecule has 1 aliphatic carbocycles. The first-order valence-corrected chi connectivity index (χ1v) is 6.51. The molecular weight excluding hydrogens is 223 g/mol. The summed E-state index contributed by atoms with van der Waals surface area (Å²) in [7, 11) is 0. The Bertz CT molecular complexity index is 636. The van der Waals surface area contributed by atoms with Crippen molar-refractivity contribution in [3.8, 4) is 11.1 Å². The maximum Gasteiger partial charge on any atom is 1.00 e. The van der Waals surface area contributed by atoms with Crippen molar-refractivity contribution in [2.24, 2.45) is 0 Å². The van der Waals surface area contributed by atoms with Crippen LogP contribution in [0, 0.1) is 13.8 Å². The second-order valence-electron chi connectivity index (χ2n) is 5.42. The van der Waals surface area contributed by atoms with Crippen LogP contribution in [0.15, 0.2) is 42.0 Å². The molecule has 0 N–H and O–H groups in total. The molecule has 0 bridgehead atoms. The van der Waals surface area contributed by atoms with Crippen LogP contribution >= 0.6 is 0 Å². The molecule has 0 radical (unpaired) electrons. The Morgan fingerprint density at radius 2 is 1.63 bits per heavy atom. The number of fused-ring (bicyclic) bond motifs is 1. The van der Waals surface area contributed by atoms with Gasteiger partial charge in [-0.05, 0) is 49.4 Å². The van der Waals surface area contributed by atoms with Gasteiger partial charge in [-0.3, -0.25) is 0 Å². The van der Waals surface area contributed by atoms with Gasteiger partial charge in [0.25, 0.3) is 0 Å². The zero-order chi connectivity index (χ0) is 12.7. The van der Waals surface area contributed by atoms with E-state index in [1.165, 1.54) is 39.0 Å². The molecule has 0 atom stereocenters. The molecule has 0 spiro atoms. The van der Waals surface area contributed by atoms with Gasteiger partial charge in [-0.1, -0.05) is 59.2 Å². The van der Waals surface area contributed by atoms with Crippen LogP contribution in [0.1, 0.15) is 30.6 Å². The Morgan fingerprint density at radius 1 is 0.947 bits per heavy atom. The van der Waals surface area contributed by atoms with Crippen molar-refractivity contribution < 1.29 is 20.3 Å². The summed E-state index contributed by atoms with van der Waals surface area (Å²) in [5.41, 5.74) is 9.72. The third-order valence-corrected chi connectivity index (χ3v) is 3.59. The van der Waals surface area contributed by atoms with Gasteiger partial charge in [-0.25, -0.2) is 0 Å². The van der Waals surface area contributed by atoms with Crippen LogP contribution in [0.3, 0.4) is 0 Å². The molecule has 0 heterocycles. The Labute approximate surface area is 129 Å². The van der Waals surface area contributed by atoms with E-state index in [4.69, 9.17) is 0 Å². The molecule has 1 aliphatic rings. The molecule has 1 heteroatoms. The number of hydrogen-bond acceptors (Lipinski definition) is 0. The third kappa shape index (κ3) is 2.71. The van der Waals surface area contributed by atoms with E-state index in [1.807, 2.05) is 0 Å². The van der Waals surface area contributed by atoms with Crippen molar-refractivity contribution in [2.75, 3.05) is 0 Å². The van der Waals surface area contributed by atoms with E-state index < -0.39 is 0 Å². The summed E-state index contributed by atoms with van der Waals surface area (Å²) in [4.78, 5) is 0. The van der Waals surface area contributed by atoms with Gasteiger partial charge in [0.05, 0.1) is 0 Å². The average molecular weight is 242 g/mol. The first-order chi connectivity index (χ1) is 8.63. The molecule has 0 saturated carbocycles. The molecule has 0 nitrogen and oxygen atoms in total. The van der Waals surface area contributed by atoms with Gasteiger partial charge in [-0.15, -0.1) is 0 Å². The molecule has 19 heavy (non-hydrogen) atoms. The van der Waals surface area contributed by atoms with Gasteiger partial charge in [0.1, 0.15) is 0 Å². The standard InChI is InChI=1S/C18H18.Li.H/c1-12-7-13(2)10-16(9-12)17-6-4-5-15-8-14(3)11-18(15)17;;/h4-7,9-11H,8H2,1-3H3;;/q;+1;-1. The van der Waals surface area contributed by atoms with E-state index in [-0.39, 0.29) is 20.3 Å². The Morgan fingerprint density at radius 3 is 2.32 bits per heavy atom. The molecule has 2 aromatic carbocycles. The summed E-state index contributed by atoms with van der Waals surface area (Å²) in [6.45, 7) is 6.55. The Balaban J connectivity index is 0.000001000. The van der Waals surface area contributed by atoms with E-state index in [2.05, 4.69) is 63.2 Å². The number of rotatable bonds is 1. The van der Waals surface area contributed by atoms with E-state index in [0.29, 0.717) is 0 Å². The molecule has 0 aromatic heterocycles. The van der Waals surface area contributed by atoms with E-state index in [1.54, 1.807) is 0 Å². The van der Waals surface area contributed by atoms with E-state index >= 15 is 0 Å². The summed E-state index contributed by atoms with van der Waals surface area (Å²) in [6, 6.07) is 13.5. The van der Waals surface area contributed by atoms with Crippen LogP contribution in [0.4, 0.5) is 0 Å². The van der Waals surface area contributed by atoms with E-state index in [9.17, 15) is 0 Å². The molecule has 92 valence electrons. The zero-order valence-corrected chi connectivity index (χ0v) is 12.2. The molecule has 0 fully saturated rings. The van der Waals surface area contributed by atoms with E-state index in [0.717, 1.165) is 6.42 Å². The van der Waals surface area contributed by atoms with Gasteiger partial charge in [0.2, 0.25) is 0 Å². The van der Waals surface area contributed by atoms with Gasteiger partial charge in [0, 0.05) is 0 Å².